The normalized spacial score (nSPS) is 10.7. The van der Waals surface area contributed by atoms with Gasteiger partial charge in [0.15, 0.2) is 11.5 Å². The van der Waals surface area contributed by atoms with Crippen molar-refractivity contribution in [1.82, 2.24) is 10.2 Å². The SMILES string of the molecule is CCOc1ccc(C(=O)Nc2nnc(CC(C)C)s2)cc1OCC. The van der Waals surface area contributed by atoms with Gasteiger partial charge in [0.2, 0.25) is 5.13 Å². The molecule has 0 aliphatic rings. The third kappa shape index (κ3) is 4.92. The molecule has 2 rings (SSSR count). The molecule has 0 saturated heterocycles. The zero-order valence-electron chi connectivity index (χ0n) is 14.5. The van der Waals surface area contributed by atoms with Crippen molar-refractivity contribution >= 4 is 22.4 Å². The van der Waals surface area contributed by atoms with Crippen molar-refractivity contribution in [2.24, 2.45) is 5.92 Å². The van der Waals surface area contributed by atoms with E-state index in [2.05, 4.69) is 29.4 Å². The third-order valence-electron chi connectivity index (χ3n) is 3.08. The standard InChI is InChI=1S/C17H23N3O3S/c1-5-22-13-8-7-12(10-14(13)23-6-2)16(21)18-17-20-19-15(24-17)9-11(3)4/h7-8,10-11H,5-6,9H2,1-4H3,(H,18,20,21). The van der Waals surface area contributed by atoms with Gasteiger partial charge >= 0.3 is 0 Å². The largest absolute Gasteiger partial charge is 0.490 e. The minimum absolute atomic E-state index is 0.244. The van der Waals surface area contributed by atoms with E-state index in [9.17, 15) is 4.79 Å². The molecule has 0 aliphatic carbocycles. The van der Waals surface area contributed by atoms with E-state index < -0.39 is 0 Å². The second-order valence-corrected chi connectivity index (χ2v) is 6.64. The number of benzene rings is 1. The Morgan fingerprint density at radius 1 is 1.17 bits per heavy atom. The van der Waals surface area contributed by atoms with Crippen molar-refractivity contribution in [2.45, 2.75) is 34.1 Å². The average Bonchev–Trinajstić information content (AvgIpc) is 2.95. The van der Waals surface area contributed by atoms with Crippen molar-refractivity contribution < 1.29 is 14.3 Å². The number of carbonyl (C=O) groups is 1. The summed E-state index contributed by atoms with van der Waals surface area (Å²) in [6.07, 6.45) is 0.852. The Balaban J connectivity index is 2.11. The van der Waals surface area contributed by atoms with Crippen LogP contribution in [0, 0.1) is 5.92 Å². The van der Waals surface area contributed by atoms with Gasteiger partial charge in [-0.3, -0.25) is 10.1 Å². The number of rotatable bonds is 8. The maximum atomic E-state index is 12.4. The lowest BCUT2D eigenvalue weighted by atomic mass is 10.1. The van der Waals surface area contributed by atoms with Crippen LogP contribution in [0.15, 0.2) is 18.2 Å². The van der Waals surface area contributed by atoms with Gasteiger partial charge in [0.05, 0.1) is 13.2 Å². The van der Waals surface area contributed by atoms with Gasteiger partial charge in [0.25, 0.3) is 5.91 Å². The topological polar surface area (TPSA) is 73.3 Å². The van der Waals surface area contributed by atoms with Crippen LogP contribution >= 0.6 is 11.3 Å². The molecule has 1 N–H and O–H groups in total. The van der Waals surface area contributed by atoms with E-state index in [1.807, 2.05) is 13.8 Å². The molecule has 0 spiro atoms. The van der Waals surface area contributed by atoms with Gasteiger partial charge in [-0.1, -0.05) is 25.2 Å². The lowest BCUT2D eigenvalue weighted by molar-refractivity contribution is 0.102. The summed E-state index contributed by atoms with van der Waals surface area (Å²) in [4.78, 5) is 12.4. The van der Waals surface area contributed by atoms with Crippen LogP contribution in [-0.2, 0) is 6.42 Å². The van der Waals surface area contributed by atoms with E-state index in [1.165, 1.54) is 11.3 Å². The van der Waals surface area contributed by atoms with E-state index in [4.69, 9.17) is 9.47 Å². The number of nitrogens with zero attached hydrogens (tertiary/aromatic N) is 2. The summed E-state index contributed by atoms with van der Waals surface area (Å²) in [5.74, 6) is 1.45. The first-order chi connectivity index (χ1) is 11.5. The number of amides is 1. The predicted octanol–water partition coefficient (Wildman–Crippen LogP) is 3.79. The highest BCUT2D eigenvalue weighted by molar-refractivity contribution is 7.15. The minimum atomic E-state index is -0.244. The molecule has 1 aromatic heterocycles. The fourth-order valence-electron chi connectivity index (χ4n) is 2.10. The van der Waals surface area contributed by atoms with E-state index in [1.54, 1.807) is 18.2 Å². The molecule has 0 unspecified atom stereocenters. The van der Waals surface area contributed by atoms with Crippen molar-refractivity contribution in [3.05, 3.63) is 28.8 Å². The Kier molecular flexibility index (Phi) is 6.54. The smallest absolute Gasteiger partial charge is 0.257 e. The summed E-state index contributed by atoms with van der Waals surface area (Å²) in [5, 5.41) is 12.3. The van der Waals surface area contributed by atoms with Gasteiger partial charge in [-0.2, -0.15) is 0 Å². The Morgan fingerprint density at radius 2 is 1.88 bits per heavy atom. The summed E-state index contributed by atoms with van der Waals surface area (Å²) in [7, 11) is 0. The van der Waals surface area contributed by atoms with Gasteiger partial charge in [-0.05, 0) is 38.0 Å². The first kappa shape index (κ1) is 18.2. The third-order valence-corrected chi connectivity index (χ3v) is 3.94. The zero-order valence-corrected chi connectivity index (χ0v) is 15.3. The molecule has 130 valence electrons. The molecule has 0 saturated carbocycles. The number of anilines is 1. The molecule has 24 heavy (non-hydrogen) atoms. The number of hydrogen-bond acceptors (Lipinski definition) is 6. The molecule has 1 amide bonds. The molecular formula is C17H23N3O3S. The number of ether oxygens (including phenoxy) is 2. The molecule has 2 aromatic rings. The van der Waals surface area contributed by atoms with Gasteiger partial charge in [-0.15, -0.1) is 10.2 Å². The Morgan fingerprint density at radius 3 is 2.54 bits per heavy atom. The van der Waals surface area contributed by atoms with Crippen LogP contribution in [0.5, 0.6) is 11.5 Å². The van der Waals surface area contributed by atoms with Gasteiger partial charge in [-0.25, -0.2) is 0 Å². The van der Waals surface area contributed by atoms with Crippen molar-refractivity contribution in [1.29, 1.82) is 0 Å². The van der Waals surface area contributed by atoms with Crippen LogP contribution in [0.4, 0.5) is 5.13 Å². The van der Waals surface area contributed by atoms with Gasteiger partial charge in [0.1, 0.15) is 5.01 Å². The van der Waals surface area contributed by atoms with Crippen LogP contribution in [0.3, 0.4) is 0 Å². The Hall–Kier alpha value is -2.15. The quantitative estimate of drug-likeness (QED) is 0.785. The molecule has 0 radical (unpaired) electrons. The lowest BCUT2D eigenvalue weighted by Crippen LogP contribution is -2.12. The van der Waals surface area contributed by atoms with Crippen LogP contribution in [0.1, 0.15) is 43.1 Å². The Bertz CT molecular complexity index is 685. The molecule has 0 fully saturated rings. The lowest BCUT2D eigenvalue weighted by Gasteiger charge is -2.12. The fraction of sp³-hybridized carbons (Fsp3) is 0.471. The summed E-state index contributed by atoms with van der Waals surface area (Å²) in [5.41, 5.74) is 0.488. The van der Waals surface area contributed by atoms with E-state index in [0.29, 0.717) is 41.3 Å². The van der Waals surface area contributed by atoms with Gasteiger partial charge in [0, 0.05) is 12.0 Å². The second-order valence-electron chi connectivity index (χ2n) is 5.58. The van der Waals surface area contributed by atoms with Crippen LogP contribution < -0.4 is 14.8 Å². The van der Waals surface area contributed by atoms with Crippen molar-refractivity contribution in [3.63, 3.8) is 0 Å². The maximum absolute atomic E-state index is 12.4. The molecule has 7 heteroatoms. The molecule has 0 bridgehead atoms. The van der Waals surface area contributed by atoms with E-state index in [-0.39, 0.29) is 5.91 Å². The van der Waals surface area contributed by atoms with Crippen molar-refractivity contribution in [3.8, 4) is 11.5 Å². The van der Waals surface area contributed by atoms with Crippen LogP contribution in [0.2, 0.25) is 0 Å². The number of carbonyl (C=O) groups excluding carboxylic acids is 1. The first-order valence-corrected chi connectivity index (χ1v) is 8.88. The number of aromatic nitrogens is 2. The highest BCUT2D eigenvalue weighted by Crippen LogP contribution is 2.29. The second kappa shape index (κ2) is 8.63. The monoisotopic (exact) mass is 349 g/mol. The fourth-order valence-corrected chi connectivity index (χ4v) is 3.04. The summed E-state index contributed by atoms with van der Waals surface area (Å²) in [6.45, 7) is 9.07. The highest BCUT2D eigenvalue weighted by Gasteiger charge is 2.14. The van der Waals surface area contributed by atoms with Crippen LogP contribution in [-0.4, -0.2) is 29.3 Å². The summed E-state index contributed by atoms with van der Waals surface area (Å²) < 4.78 is 11.1. The van der Waals surface area contributed by atoms with E-state index in [0.717, 1.165) is 11.4 Å². The predicted molar refractivity (Wildman–Crippen MR) is 95.2 cm³/mol. The number of nitrogens with one attached hydrogen (secondary N) is 1. The molecule has 1 aromatic carbocycles. The maximum Gasteiger partial charge on any atom is 0.257 e. The Labute approximate surface area is 146 Å². The zero-order chi connectivity index (χ0) is 17.5. The van der Waals surface area contributed by atoms with Crippen molar-refractivity contribution in [2.75, 3.05) is 18.5 Å². The summed E-state index contributed by atoms with van der Waals surface area (Å²) in [6, 6.07) is 5.13. The summed E-state index contributed by atoms with van der Waals surface area (Å²) >= 11 is 1.40. The average molecular weight is 349 g/mol. The van der Waals surface area contributed by atoms with E-state index >= 15 is 0 Å². The molecule has 6 nitrogen and oxygen atoms in total. The molecule has 0 aliphatic heterocycles. The first-order valence-electron chi connectivity index (χ1n) is 8.06. The minimum Gasteiger partial charge on any atom is -0.490 e. The highest BCUT2D eigenvalue weighted by atomic mass is 32.1. The van der Waals surface area contributed by atoms with Gasteiger partial charge < -0.3 is 9.47 Å². The molecule has 0 atom stereocenters. The number of hydrogen-bond donors (Lipinski definition) is 1. The van der Waals surface area contributed by atoms with Crippen LogP contribution in [0.25, 0.3) is 0 Å². The molecule has 1 heterocycles. The molecular weight excluding hydrogens is 326 g/mol.